The van der Waals surface area contributed by atoms with Gasteiger partial charge in [0.15, 0.2) is 0 Å². The van der Waals surface area contributed by atoms with Crippen molar-refractivity contribution in [2.45, 2.75) is 38.8 Å². The van der Waals surface area contributed by atoms with Gasteiger partial charge in [0.25, 0.3) is 5.91 Å². The number of nitrogens with zero attached hydrogens (tertiary/aromatic N) is 5. The fourth-order valence-electron chi connectivity index (χ4n) is 5.19. The van der Waals surface area contributed by atoms with Crippen molar-refractivity contribution in [3.8, 4) is 0 Å². The highest BCUT2D eigenvalue weighted by atomic mass is 16.2. The molecule has 34 heavy (non-hydrogen) atoms. The normalized spacial score (nSPS) is 18.6. The van der Waals surface area contributed by atoms with E-state index in [1.807, 2.05) is 28.0 Å². The van der Waals surface area contributed by atoms with Crippen LogP contribution in [0.5, 0.6) is 0 Å². The second-order valence-corrected chi connectivity index (χ2v) is 9.32. The Labute approximate surface area is 200 Å². The molecule has 0 unspecified atom stereocenters. The maximum atomic E-state index is 13.7. The minimum atomic E-state index is -0.605. The number of carbonyl (C=O) groups excluding carboxylic acids is 2. The fourth-order valence-corrected chi connectivity index (χ4v) is 5.19. The molecule has 1 fully saturated rings. The number of amides is 2. The van der Waals surface area contributed by atoms with E-state index in [0.717, 1.165) is 18.7 Å². The van der Waals surface area contributed by atoms with Crippen LogP contribution in [-0.2, 0) is 16.0 Å². The number of aryl methyl sites for hydroxylation is 1. The van der Waals surface area contributed by atoms with Crippen LogP contribution in [0, 0.1) is 6.92 Å². The zero-order valence-corrected chi connectivity index (χ0v) is 19.8. The number of rotatable bonds is 5. The molecule has 0 bridgehead atoms. The Morgan fingerprint density at radius 2 is 1.94 bits per heavy atom. The van der Waals surface area contributed by atoms with E-state index in [0.29, 0.717) is 19.6 Å². The minimum Gasteiger partial charge on any atom is -0.365 e. The number of hydrogen-bond donors (Lipinski definition) is 0. The summed E-state index contributed by atoms with van der Waals surface area (Å²) in [7, 11) is 0. The van der Waals surface area contributed by atoms with Crippen LogP contribution in [-0.4, -0.2) is 58.5 Å². The standard InChI is InChI=1S/C27H31N5O2/c1-20-6-5-8-23(16-20)31-15-14-29(18-21(31)2)26(33)17-25(30-13-11-28-19-30)27(34)32-12-10-22-7-3-4-9-24(22)32/h3-9,11,13,16,19,21,25H,10,12,14-15,17-18H2,1-2H3/t21-,25-/m0/s1. The molecule has 7 nitrogen and oxygen atoms in total. The quantitative estimate of drug-likeness (QED) is 0.589. The van der Waals surface area contributed by atoms with Gasteiger partial charge in [-0.2, -0.15) is 0 Å². The summed E-state index contributed by atoms with van der Waals surface area (Å²) >= 11 is 0. The number of anilines is 2. The van der Waals surface area contributed by atoms with Gasteiger partial charge < -0.3 is 19.3 Å². The van der Waals surface area contributed by atoms with Gasteiger partial charge in [-0.1, -0.05) is 30.3 Å². The van der Waals surface area contributed by atoms with Gasteiger partial charge in [-0.15, -0.1) is 0 Å². The highest BCUT2D eigenvalue weighted by Gasteiger charge is 2.35. The lowest BCUT2D eigenvalue weighted by atomic mass is 10.1. The molecule has 2 aliphatic rings. The molecule has 3 heterocycles. The number of benzene rings is 2. The predicted octanol–water partition coefficient (Wildman–Crippen LogP) is 3.45. The minimum absolute atomic E-state index is 0.00951. The topological polar surface area (TPSA) is 61.7 Å². The zero-order chi connectivity index (χ0) is 23.7. The highest BCUT2D eigenvalue weighted by Crippen LogP contribution is 2.31. The molecule has 176 valence electrons. The molecule has 0 radical (unpaired) electrons. The monoisotopic (exact) mass is 457 g/mol. The lowest BCUT2D eigenvalue weighted by molar-refractivity contribution is -0.135. The maximum Gasteiger partial charge on any atom is 0.250 e. The van der Waals surface area contributed by atoms with Crippen molar-refractivity contribution in [2.24, 2.45) is 0 Å². The summed E-state index contributed by atoms with van der Waals surface area (Å²) in [6.07, 6.45) is 6.04. The Hall–Kier alpha value is -3.61. The number of aromatic nitrogens is 2. The first-order valence-corrected chi connectivity index (χ1v) is 12.0. The summed E-state index contributed by atoms with van der Waals surface area (Å²) in [4.78, 5) is 37.3. The molecule has 2 aliphatic heterocycles. The lowest BCUT2D eigenvalue weighted by Crippen LogP contribution is -2.54. The average molecular weight is 458 g/mol. The number of piperazine rings is 1. The summed E-state index contributed by atoms with van der Waals surface area (Å²) in [5, 5.41) is 0. The fraction of sp³-hybridized carbons (Fsp3) is 0.370. The molecular weight excluding hydrogens is 426 g/mol. The van der Waals surface area contributed by atoms with Gasteiger partial charge in [-0.3, -0.25) is 9.59 Å². The summed E-state index contributed by atoms with van der Waals surface area (Å²) < 4.78 is 1.77. The van der Waals surface area contributed by atoms with Gasteiger partial charge in [0.2, 0.25) is 5.91 Å². The van der Waals surface area contributed by atoms with Crippen molar-refractivity contribution in [3.63, 3.8) is 0 Å². The van der Waals surface area contributed by atoms with Crippen LogP contribution in [0.15, 0.2) is 67.3 Å². The number of fused-ring (bicyclic) bond motifs is 1. The summed E-state index contributed by atoms with van der Waals surface area (Å²) in [5.74, 6) is -0.0435. The van der Waals surface area contributed by atoms with Crippen LogP contribution >= 0.6 is 0 Å². The van der Waals surface area contributed by atoms with Crippen molar-refractivity contribution in [2.75, 3.05) is 36.0 Å². The maximum absolute atomic E-state index is 13.7. The van der Waals surface area contributed by atoms with Crippen molar-refractivity contribution in [1.29, 1.82) is 0 Å². The number of imidazole rings is 1. The number of para-hydroxylation sites is 1. The third-order valence-corrected chi connectivity index (χ3v) is 7.00. The van der Waals surface area contributed by atoms with Crippen LogP contribution in [0.1, 0.15) is 30.5 Å². The van der Waals surface area contributed by atoms with Crippen LogP contribution in [0.25, 0.3) is 0 Å². The van der Waals surface area contributed by atoms with Gasteiger partial charge in [0, 0.05) is 56.0 Å². The first-order chi connectivity index (χ1) is 16.5. The van der Waals surface area contributed by atoms with E-state index in [-0.39, 0.29) is 24.3 Å². The molecule has 2 atom stereocenters. The summed E-state index contributed by atoms with van der Waals surface area (Å²) in [5.41, 5.74) is 4.55. The predicted molar refractivity (Wildman–Crippen MR) is 133 cm³/mol. The van der Waals surface area contributed by atoms with Gasteiger partial charge in [-0.05, 0) is 49.6 Å². The molecule has 0 spiro atoms. The Bertz CT molecular complexity index is 1180. The van der Waals surface area contributed by atoms with Crippen LogP contribution in [0.3, 0.4) is 0 Å². The van der Waals surface area contributed by atoms with Crippen molar-refractivity contribution < 1.29 is 9.59 Å². The second kappa shape index (κ2) is 9.33. The summed E-state index contributed by atoms with van der Waals surface area (Å²) in [6, 6.07) is 16.1. The third kappa shape index (κ3) is 4.30. The van der Waals surface area contributed by atoms with E-state index in [2.05, 4.69) is 54.1 Å². The molecule has 1 saturated heterocycles. The Morgan fingerprint density at radius 1 is 1.09 bits per heavy atom. The van der Waals surface area contributed by atoms with Crippen LogP contribution in [0.2, 0.25) is 0 Å². The molecule has 0 aliphatic carbocycles. The van der Waals surface area contributed by atoms with E-state index in [1.54, 1.807) is 23.3 Å². The van der Waals surface area contributed by atoms with Gasteiger partial charge in [-0.25, -0.2) is 4.98 Å². The molecule has 2 aromatic carbocycles. The Morgan fingerprint density at radius 3 is 2.71 bits per heavy atom. The highest BCUT2D eigenvalue weighted by molar-refractivity contribution is 6.00. The number of carbonyl (C=O) groups is 2. The van der Waals surface area contributed by atoms with E-state index in [4.69, 9.17) is 0 Å². The van der Waals surface area contributed by atoms with Crippen molar-refractivity contribution in [3.05, 3.63) is 78.4 Å². The van der Waals surface area contributed by atoms with E-state index in [9.17, 15) is 9.59 Å². The Kier molecular flexibility index (Phi) is 6.09. The van der Waals surface area contributed by atoms with Gasteiger partial charge in [0.1, 0.15) is 6.04 Å². The van der Waals surface area contributed by atoms with E-state index < -0.39 is 6.04 Å². The van der Waals surface area contributed by atoms with Crippen molar-refractivity contribution >= 4 is 23.2 Å². The smallest absolute Gasteiger partial charge is 0.250 e. The van der Waals surface area contributed by atoms with Crippen LogP contribution in [0.4, 0.5) is 11.4 Å². The summed E-state index contributed by atoms with van der Waals surface area (Å²) in [6.45, 7) is 6.96. The third-order valence-electron chi connectivity index (χ3n) is 7.00. The first-order valence-electron chi connectivity index (χ1n) is 12.0. The van der Waals surface area contributed by atoms with E-state index in [1.165, 1.54) is 16.8 Å². The van der Waals surface area contributed by atoms with Crippen molar-refractivity contribution in [1.82, 2.24) is 14.5 Å². The zero-order valence-electron chi connectivity index (χ0n) is 19.8. The van der Waals surface area contributed by atoms with Gasteiger partial charge in [0.05, 0.1) is 12.7 Å². The average Bonchev–Trinajstić information content (AvgIpc) is 3.52. The van der Waals surface area contributed by atoms with Crippen LogP contribution < -0.4 is 9.80 Å². The lowest BCUT2D eigenvalue weighted by Gasteiger charge is -2.41. The Balaban J connectivity index is 1.30. The SMILES string of the molecule is Cc1cccc(N2CCN(C(=O)C[C@@H](C(=O)N3CCc4ccccc43)n3ccnc3)C[C@@H]2C)c1. The molecule has 5 rings (SSSR count). The molecule has 0 N–H and O–H groups in total. The molecule has 3 aromatic rings. The van der Waals surface area contributed by atoms with Gasteiger partial charge >= 0.3 is 0 Å². The first kappa shape index (κ1) is 22.2. The second-order valence-electron chi connectivity index (χ2n) is 9.32. The number of hydrogen-bond acceptors (Lipinski definition) is 4. The molecular formula is C27H31N5O2. The molecule has 2 amide bonds. The molecule has 7 heteroatoms. The largest absolute Gasteiger partial charge is 0.365 e. The molecule has 0 saturated carbocycles. The van der Waals surface area contributed by atoms with E-state index >= 15 is 0 Å². The molecule has 1 aromatic heterocycles.